The van der Waals surface area contributed by atoms with Crippen molar-refractivity contribution < 1.29 is 14.1 Å². The zero-order chi connectivity index (χ0) is 21.1. The fourth-order valence-electron chi connectivity index (χ4n) is 6.41. The summed E-state index contributed by atoms with van der Waals surface area (Å²) in [6.07, 6.45) is 6.75. The van der Waals surface area contributed by atoms with Crippen molar-refractivity contribution in [2.24, 2.45) is 29.1 Å². The quantitative estimate of drug-likeness (QED) is 0.679. The van der Waals surface area contributed by atoms with E-state index in [0.29, 0.717) is 17.3 Å². The lowest BCUT2D eigenvalue weighted by Crippen LogP contribution is -2.65. The van der Waals surface area contributed by atoms with Crippen LogP contribution in [0, 0.1) is 29.1 Å². The molecule has 1 saturated heterocycles. The summed E-state index contributed by atoms with van der Waals surface area (Å²) >= 11 is 0. The number of amides is 1. The Morgan fingerprint density at radius 3 is 2.60 bits per heavy atom. The van der Waals surface area contributed by atoms with Crippen LogP contribution in [-0.4, -0.2) is 30.7 Å². The van der Waals surface area contributed by atoms with Gasteiger partial charge in [-0.25, -0.2) is 0 Å². The minimum absolute atomic E-state index is 0.0500. The monoisotopic (exact) mass is 409 g/mol. The molecule has 0 spiro atoms. The van der Waals surface area contributed by atoms with Crippen LogP contribution in [0.15, 0.2) is 30.3 Å². The van der Waals surface area contributed by atoms with Gasteiger partial charge in [0.1, 0.15) is 0 Å². The topological polar surface area (TPSA) is 47.6 Å². The summed E-state index contributed by atoms with van der Waals surface area (Å²) in [4.78, 5) is 13.1. The Morgan fingerprint density at radius 1 is 1.20 bits per heavy atom. The number of hydrogen-bond acceptors (Lipinski definition) is 3. The van der Waals surface area contributed by atoms with E-state index in [2.05, 4.69) is 38.2 Å². The van der Waals surface area contributed by atoms with Gasteiger partial charge in [0, 0.05) is 5.92 Å². The first-order valence-electron chi connectivity index (χ1n) is 11.9. The van der Waals surface area contributed by atoms with Crippen LogP contribution in [0.3, 0.4) is 0 Å². The predicted octanol–water partition coefficient (Wildman–Crippen LogP) is 4.42. The molecule has 6 atom stereocenters. The molecule has 5 fully saturated rings. The molecule has 1 aromatic rings. The SMILES string of the molecule is C[C@@H](Cc1ccccc1)C(=O)N[C@@H](CC1CC1)B1O[C@@H]2C[C@@H]3C[C@@H](C3(C)C)[C@]2(C)O1. The lowest BCUT2D eigenvalue weighted by atomic mass is 9.43. The molecule has 4 aliphatic carbocycles. The molecule has 1 heterocycles. The molecule has 6 rings (SSSR count). The van der Waals surface area contributed by atoms with Crippen molar-refractivity contribution in [1.29, 1.82) is 0 Å². The van der Waals surface area contributed by atoms with E-state index in [9.17, 15) is 4.79 Å². The zero-order valence-electron chi connectivity index (χ0n) is 18.9. The highest BCUT2D eigenvalue weighted by Crippen LogP contribution is 2.65. The summed E-state index contributed by atoms with van der Waals surface area (Å²) in [5.41, 5.74) is 1.32. The second kappa shape index (κ2) is 7.37. The van der Waals surface area contributed by atoms with Gasteiger partial charge >= 0.3 is 7.12 Å². The molecule has 1 aromatic carbocycles. The third kappa shape index (κ3) is 3.52. The predicted molar refractivity (Wildman–Crippen MR) is 119 cm³/mol. The van der Waals surface area contributed by atoms with Gasteiger partial charge in [-0.2, -0.15) is 0 Å². The largest absolute Gasteiger partial charge is 0.481 e. The molecular weight excluding hydrogens is 373 g/mol. The summed E-state index contributed by atoms with van der Waals surface area (Å²) in [6, 6.07) is 10.3. The smallest absolute Gasteiger partial charge is 0.404 e. The standard InChI is InChI=1S/C25H36BNO3/c1-16(12-17-8-6-5-7-9-17)23(28)27-22(13-18-10-11-18)26-29-21-15-19-14-20(24(19,2)3)25(21,4)30-26/h5-9,16,18-22H,10-15H2,1-4H3,(H,27,28)/t16-,19-,20-,21+,22-,25-/m0/s1. The van der Waals surface area contributed by atoms with Crippen LogP contribution in [0.1, 0.15) is 65.4 Å². The summed E-state index contributed by atoms with van der Waals surface area (Å²) < 4.78 is 13.2. The molecule has 0 radical (unpaired) electrons. The number of nitrogens with one attached hydrogen (secondary N) is 1. The molecule has 5 heteroatoms. The van der Waals surface area contributed by atoms with Gasteiger partial charge < -0.3 is 14.6 Å². The second-order valence-electron chi connectivity index (χ2n) is 11.2. The number of carbonyl (C=O) groups is 1. The van der Waals surface area contributed by atoms with E-state index < -0.39 is 0 Å². The number of benzene rings is 1. The van der Waals surface area contributed by atoms with Crippen LogP contribution < -0.4 is 5.32 Å². The third-order valence-corrected chi connectivity index (χ3v) is 8.74. The summed E-state index contributed by atoms with van der Waals surface area (Å²) in [5, 5.41) is 3.34. The highest BCUT2D eigenvalue weighted by Gasteiger charge is 2.68. The molecular formula is C25H36BNO3. The van der Waals surface area contributed by atoms with E-state index in [1.807, 2.05) is 25.1 Å². The summed E-state index contributed by atoms with van der Waals surface area (Å²) in [6.45, 7) is 9.05. The van der Waals surface area contributed by atoms with Crippen LogP contribution in [0.5, 0.6) is 0 Å². The van der Waals surface area contributed by atoms with Crippen LogP contribution in [0.2, 0.25) is 0 Å². The number of carbonyl (C=O) groups excluding carboxylic acids is 1. The van der Waals surface area contributed by atoms with Gasteiger partial charge in [-0.05, 0) is 61.3 Å². The van der Waals surface area contributed by atoms with Gasteiger partial charge in [0.2, 0.25) is 5.91 Å². The van der Waals surface area contributed by atoms with E-state index in [0.717, 1.165) is 25.2 Å². The molecule has 4 saturated carbocycles. The van der Waals surface area contributed by atoms with E-state index in [4.69, 9.17) is 9.31 Å². The minimum Gasteiger partial charge on any atom is -0.404 e. The average Bonchev–Trinajstić information content (AvgIpc) is 3.45. The van der Waals surface area contributed by atoms with E-state index in [-0.39, 0.29) is 36.6 Å². The summed E-state index contributed by atoms with van der Waals surface area (Å²) in [7, 11) is -0.316. The Bertz CT molecular complexity index is 795. The van der Waals surface area contributed by atoms with Gasteiger partial charge in [-0.1, -0.05) is 63.9 Å². The molecule has 162 valence electrons. The average molecular weight is 409 g/mol. The second-order valence-corrected chi connectivity index (χ2v) is 11.2. The highest BCUT2D eigenvalue weighted by molar-refractivity contribution is 6.47. The highest BCUT2D eigenvalue weighted by atomic mass is 16.7. The van der Waals surface area contributed by atoms with Crippen molar-refractivity contribution in [3.63, 3.8) is 0 Å². The van der Waals surface area contributed by atoms with Gasteiger partial charge in [0.05, 0.1) is 17.6 Å². The Hall–Kier alpha value is -1.33. The molecule has 30 heavy (non-hydrogen) atoms. The molecule has 4 nitrogen and oxygen atoms in total. The first-order valence-corrected chi connectivity index (χ1v) is 11.9. The Morgan fingerprint density at radius 2 is 1.93 bits per heavy atom. The Kier molecular flexibility index (Phi) is 5.06. The Labute approximate surface area is 181 Å². The van der Waals surface area contributed by atoms with Crippen molar-refractivity contribution in [2.75, 3.05) is 0 Å². The minimum atomic E-state index is -0.316. The van der Waals surface area contributed by atoms with Crippen LogP contribution >= 0.6 is 0 Å². The van der Waals surface area contributed by atoms with E-state index >= 15 is 0 Å². The van der Waals surface area contributed by atoms with E-state index in [1.165, 1.54) is 24.8 Å². The van der Waals surface area contributed by atoms with Crippen molar-refractivity contribution in [3.05, 3.63) is 35.9 Å². The zero-order valence-corrected chi connectivity index (χ0v) is 18.9. The van der Waals surface area contributed by atoms with Gasteiger partial charge in [0.25, 0.3) is 0 Å². The maximum atomic E-state index is 13.1. The molecule has 2 bridgehead atoms. The van der Waals surface area contributed by atoms with Crippen molar-refractivity contribution in [2.45, 2.75) is 83.9 Å². The molecule has 1 amide bonds. The molecule has 0 unspecified atom stereocenters. The lowest BCUT2D eigenvalue weighted by Gasteiger charge is -2.64. The van der Waals surface area contributed by atoms with Crippen molar-refractivity contribution in [3.8, 4) is 0 Å². The maximum Gasteiger partial charge on any atom is 0.481 e. The number of rotatable bonds is 7. The van der Waals surface area contributed by atoms with Crippen LogP contribution in [-0.2, 0) is 20.5 Å². The van der Waals surface area contributed by atoms with E-state index in [1.54, 1.807) is 0 Å². The fraction of sp³-hybridized carbons (Fsp3) is 0.720. The first-order chi connectivity index (χ1) is 14.3. The van der Waals surface area contributed by atoms with Gasteiger partial charge in [-0.3, -0.25) is 4.79 Å². The normalized spacial score (nSPS) is 35.9. The fourth-order valence-corrected chi connectivity index (χ4v) is 6.41. The third-order valence-electron chi connectivity index (χ3n) is 8.74. The Balaban J connectivity index is 1.26. The van der Waals surface area contributed by atoms with Crippen molar-refractivity contribution >= 4 is 13.0 Å². The molecule has 0 aromatic heterocycles. The molecule has 1 aliphatic heterocycles. The maximum absolute atomic E-state index is 13.1. The summed E-state index contributed by atoms with van der Waals surface area (Å²) in [5.74, 6) is 1.98. The lowest BCUT2D eigenvalue weighted by molar-refractivity contribution is -0.199. The molecule has 1 N–H and O–H groups in total. The van der Waals surface area contributed by atoms with Gasteiger partial charge in [0.15, 0.2) is 0 Å². The van der Waals surface area contributed by atoms with Crippen LogP contribution in [0.25, 0.3) is 0 Å². The van der Waals surface area contributed by atoms with Crippen molar-refractivity contribution in [1.82, 2.24) is 5.32 Å². The van der Waals surface area contributed by atoms with Gasteiger partial charge in [-0.15, -0.1) is 0 Å². The first kappa shape index (κ1) is 20.6. The van der Waals surface area contributed by atoms with Crippen LogP contribution in [0.4, 0.5) is 0 Å². The molecule has 5 aliphatic rings. The number of hydrogen-bond donors (Lipinski definition) is 1.